The predicted molar refractivity (Wildman–Crippen MR) is 198 cm³/mol. The number of aliphatic hydroxyl groups excluding tert-OH is 8. The predicted octanol–water partition coefficient (Wildman–Crippen LogP) is 0.744. The highest BCUT2D eigenvalue weighted by Crippen LogP contribution is 2.65. The lowest BCUT2D eigenvalue weighted by Crippen LogP contribution is -2.65. The van der Waals surface area contributed by atoms with Gasteiger partial charge in [0.1, 0.15) is 48.8 Å². The molecule has 4 aliphatic carbocycles. The van der Waals surface area contributed by atoms with Crippen molar-refractivity contribution in [2.24, 2.45) is 40.4 Å². The summed E-state index contributed by atoms with van der Waals surface area (Å²) in [7, 11) is 0. The number of carboxylic acid groups (broad SMARTS) is 1. The van der Waals surface area contributed by atoms with Gasteiger partial charge in [0.2, 0.25) is 0 Å². The van der Waals surface area contributed by atoms with Gasteiger partial charge < -0.3 is 70.0 Å². The third-order valence-electron chi connectivity index (χ3n) is 15.2. The number of ether oxygens (including phenoxy) is 4. The first-order valence-corrected chi connectivity index (χ1v) is 20.6. The Labute approximate surface area is 328 Å². The summed E-state index contributed by atoms with van der Waals surface area (Å²) in [5, 5.41) is 105. The molecule has 10 N–H and O–H groups in total. The average molecular weight is 799 g/mol. The molecule has 0 aromatic heterocycles. The minimum absolute atomic E-state index is 0.0889. The molecule has 0 amide bonds. The molecule has 0 aromatic rings. The Morgan fingerprint density at radius 2 is 1.54 bits per heavy atom. The summed E-state index contributed by atoms with van der Waals surface area (Å²) in [5.41, 5.74) is 0.794. The van der Waals surface area contributed by atoms with E-state index in [0.29, 0.717) is 12.8 Å². The molecule has 2 aliphatic heterocycles. The van der Waals surface area contributed by atoms with Gasteiger partial charge >= 0.3 is 5.97 Å². The second kappa shape index (κ2) is 16.8. The second-order valence-corrected chi connectivity index (χ2v) is 18.4. The van der Waals surface area contributed by atoms with Gasteiger partial charge in [-0.3, -0.25) is 4.79 Å². The summed E-state index contributed by atoms with van der Waals surface area (Å²) in [6.45, 7) is 8.46. The van der Waals surface area contributed by atoms with Crippen LogP contribution < -0.4 is 0 Å². The number of hydrogen-bond donors (Lipinski definition) is 10. The molecule has 6 aliphatic rings. The average Bonchev–Trinajstić information content (AvgIpc) is 3.50. The van der Waals surface area contributed by atoms with Gasteiger partial charge in [-0.05, 0) is 110 Å². The molecule has 0 radical (unpaired) electrons. The van der Waals surface area contributed by atoms with Crippen LogP contribution in [0.3, 0.4) is 0 Å². The number of hydrogen-bond acceptors (Lipinski definition) is 14. The molecule has 15 heteroatoms. The van der Waals surface area contributed by atoms with Gasteiger partial charge in [-0.1, -0.05) is 39.8 Å². The van der Waals surface area contributed by atoms with Crippen LogP contribution in [0.5, 0.6) is 0 Å². The smallest absolute Gasteiger partial charge is 0.306 e. The van der Waals surface area contributed by atoms with Gasteiger partial charge in [-0.15, -0.1) is 0 Å². The number of carbonyl (C=O) groups is 1. The van der Waals surface area contributed by atoms with E-state index in [0.717, 1.165) is 32.1 Å². The lowest BCUT2D eigenvalue weighted by Gasteiger charge is -2.54. The van der Waals surface area contributed by atoms with E-state index in [4.69, 9.17) is 18.9 Å². The lowest BCUT2D eigenvalue weighted by molar-refractivity contribution is -0.372. The van der Waals surface area contributed by atoms with E-state index in [9.17, 15) is 55.9 Å². The van der Waals surface area contributed by atoms with E-state index in [1.54, 1.807) is 6.92 Å². The topological polar surface area (TPSA) is 256 Å². The molecular formula is C41H66O15. The molecule has 0 bridgehead atoms. The first-order chi connectivity index (χ1) is 26.3. The molecule has 6 rings (SSSR count). The molecule has 2 saturated heterocycles. The summed E-state index contributed by atoms with van der Waals surface area (Å²) in [4.78, 5) is 12.8. The highest BCUT2D eigenvalue weighted by Gasteiger charge is 2.58. The largest absolute Gasteiger partial charge is 0.481 e. The summed E-state index contributed by atoms with van der Waals surface area (Å²) < 4.78 is 23.8. The molecule has 2 heterocycles. The number of aliphatic hydroxyl groups is 9. The fraction of sp³-hybridized carbons (Fsp3) is 0.878. The van der Waals surface area contributed by atoms with Crippen molar-refractivity contribution in [1.82, 2.24) is 0 Å². The first kappa shape index (κ1) is 44.0. The fourth-order valence-electron chi connectivity index (χ4n) is 11.3. The van der Waals surface area contributed by atoms with Crippen molar-refractivity contribution in [3.05, 3.63) is 23.3 Å². The van der Waals surface area contributed by atoms with Gasteiger partial charge in [0.15, 0.2) is 12.6 Å². The van der Waals surface area contributed by atoms with Gasteiger partial charge in [0.25, 0.3) is 0 Å². The van der Waals surface area contributed by atoms with E-state index in [-0.39, 0.29) is 53.4 Å². The summed E-state index contributed by atoms with van der Waals surface area (Å²) in [6, 6.07) is 0. The van der Waals surface area contributed by atoms with Crippen molar-refractivity contribution >= 4 is 5.97 Å². The minimum atomic E-state index is -1.76. The van der Waals surface area contributed by atoms with Gasteiger partial charge in [0, 0.05) is 0 Å². The Balaban J connectivity index is 1.16. The Bertz CT molecular complexity index is 1440. The number of rotatable bonds is 13. The molecule has 2 saturated carbocycles. The van der Waals surface area contributed by atoms with Crippen LogP contribution in [-0.2, 0) is 23.7 Å². The zero-order valence-electron chi connectivity index (χ0n) is 33.3. The standard InChI is InChI=1S/C41H66O15/c1-19(2)41(52,20(3)44)15-11-24(36(50)51)26-9-8-25-23-7-6-21-16-22(10-13-39(21,4)27(23)12-14-40(25,26)5)53-38-35(33(48)31(46)29(18-43)55-38)56-37-34(49)32(47)30(45)28(17-42)54-37/h7,12,19-22,24-26,28-35,37-38,42-49,52H,6,8-11,13-18H2,1-5H3,(H,50,51)/t20-,21-,22+,24-,25+,26-,28-,29-,30+,31-,32+,33+,34-,35-,37+,38-,39+,40+,41-/m1/s1. The highest BCUT2D eigenvalue weighted by atomic mass is 16.8. The van der Waals surface area contributed by atoms with E-state index in [1.165, 1.54) is 11.1 Å². The summed E-state index contributed by atoms with van der Waals surface area (Å²) in [6.07, 6.45) is -6.23. The lowest BCUT2D eigenvalue weighted by atomic mass is 9.51. The fourth-order valence-corrected chi connectivity index (χ4v) is 11.3. The maximum absolute atomic E-state index is 12.8. The highest BCUT2D eigenvalue weighted by molar-refractivity contribution is 5.70. The van der Waals surface area contributed by atoms with E-state index >= 15 is 0 Å². The zero-order chi connectivity index (χ0) is 41.1. The molecule has 56 heavy (non-hydrogen) atoms. The number of fused-ring (bicyclic) bond motifs is 5. The SMILES string of the molecule is CC(C)[C@](O)(CC[C@@H](C(=O)O)[C@H]1CC[C@H]2C3=CC[C@@H]4C[C@@H](O[C@@H]5O[C@H](CO)[C@@H](O)[C@H](O)[C@H]5O[C@@H]5O[C@H](CO)[C@H](O)[C@H](O)[C@H]5O)CC[C@]4(C)C3=CC[C@]12C)[C@@H](C)O. The summed E-state index contributed by atoms with van der Waals surface area (Å²) in [5.74, 6) is -1.46. The quantitative estimate of drug-likeness (QED) is 0.123. The van der Waals surface area contributed by atoms with Gasteiger partial charge in [-0.2, -0.15) is 0 Å². The molecule has 320 valence electrons. The second-order valence-electron chi connectivity index (χ2n) is 18.4. The van der Waals surface area contributed by atoms with Crippen LogP contribution in [0.4, 0.5) is 0 Å². The van der Waals surface area contributed by atoms with Crippen LogP contribution in [-0.4, -0.2) is 149 Å². The van der Waals surface area contributed by atoms with Gasteiger partial charge in [0.05, 0.1) is 36.9 Å². The van der Waals surface area contributed by atoms with Crippen LogP contribution in [0.2, 0.25) is 0 Å². The Morgan fingerprint density at radius 1 is 0.893 bits per heavy atom. The van der Waals surface area contributed by atoms with Crippen LogP contribution in [0.25, 0.3) is 0 Å². The minimum Gasteiger partial charge on any atom is -0.481 e. The van der Waals surface area contributed by atoms with Crippen LogP contribution in [0.1, 0.15) is 92.4 Å². The molecule has 0 unspecified atom stereocenters. The zero-order valence-corrected chi connectivity index (χ0v) is 33.3. The summed E-state index contributed by atoms with van der Waals surface area (Å²) >= 11 is 0. The Kier molecular flexibility index (Phi) is 13.2. The van der Waals surface area contributed by atoms with Crippen LogP contribution in [0.15, 0.2) is 23.3 Å². The molecule has 19 atom stereocenters. The van der Waals surface area contributed by atoms with Crippen LogP contribution >= 0.6 is 0 Å². The van der Waals surface area contributed by atoms with E-state index < -0.39 is 98.2 Å². The van der Waals surface area contributed by atoms with Gasteiger partial charge in [-0.25, -0.2) is 0 Å². The number of allylic oxidation sites excluding steroid dienone is 4. The number of carboxylic acids is 1. The molecule has 0 spiro atoms. The van der Waals surface area contributed by atoms with Crippen molar-refractivity contribution in [2.75, 3.05) is 13.2 Å². The molecule has 4 fully saturated rings. The molecule has 15 nitrogen and oxygen atoms in total. The third-order valence-corrected chi connectivity index (χ3v) is 15.2. The van der Waals surface area contributed by atoms with Crippen molar-refractivity contribution in [3.8, 4) is 0 Å². The number of aliphatic carboxylic acids is 1. The van der Waals surface area contributed by atoms with Crippen molar-refractivity contribution in [1.29, 1.82) is 0 Å². The van der Waals surface area contributed by atoms with Crippen molar-refractivity contribution in [2.45, 2.75) is 172 Å². The molecular weight excluding hydrogens is 732 g/mol. The Hall–Kier alpha value is -1.57. The monoisotopic (exact) mass is 798 g/mol. The first-order valence-electron chi connectivity index (χ1n) is 20.6. The maximum Gasteiger partial charge on any atom is 0.306 e. The van der Waals surface area contributed by atoms with Crippen molar-refractivity contribution in [3.63, 3.8) is 0 Å². The van der Waals surface area contributed by atoms with Crippen LogP contribution in [0, 0.1) is 40.4 Å². The van der Waals surface area contributed by atoms with Crippen molar-refractivity contribution < 1.29 is 74.8 Å². The Morgan fingerprint density at radius 3 is 2.14 bits per heavy atom. The maximum atomic E-state index is 12.8. The van der Waals surface area contributed by atoms with E-state index in [1.807, 2.05) is 13.8 Å². The third kappa shape index (κ3) is 7.67. The normalized spacial score (nSPS) is 46.1. The molecule has 0 aromatic carbocycles. The van der Waals surface area contributed by atoms with E-state index in [2.05, 4.69) is 26.0 Å².